The zero-order valence-electron chi connectivity index (χ0n) is 25.2. The fourth-order valence-corrected chi connectivity index (χ4v) is 5.83. The molecule has 1 aliphatic carbocycles. The summed E-state index contributed by atoms with van der Waals surface area (Å²) < 4.78 is 0. The predicted octanol–water partition coefficient (Wildman–Crippen LogP) is 5.14. The average molecular weight is 582 g/mol. The summed E-state index contributed by atoms with van der Waals surface area (Å²) in [6.45, 7) is 7.37. The maximum absolute atomic E-state index is 12.6. The summed E-state index contributed by atoms with van der Waals surface area (Å²) in [5, 5.41) is 26.6. The van der Waals surface area contributed by atoms with Crippen LogP contribution >= 0.6 is 0 Å². The Bertz CT molecular complexity index is 1080. The lowest BCUT2D eigenvalue weighted by Crippen LogP contribution is -2.49. The number of benzene rings is 2. The van der Waals surface area contributed by atoms with E-state index in [0.717, 1.165) is 57.3 Å². The number of nitrogens with one attached hydrogen (secondary N) is 2. The van der Waals surface area contributed by atoms with Gasteiger partial charge in [-0.05, 0) is 55.9 Å². The number of amides is 2. The van der Waals surface area contributed by atoms with Gasteiger partial charge < -0.3 is 25.5 Å². The van der Waals surface area contributed by atoms with E-state index >= 15 is 0 Å². The smallest absolute Gasteiger partial charge is 0.320 e. The largest absolute Gasteiger partial charge is 0.480 e. The molecule has 10 nitrogen and oxygen atoms in total. The molecule has 3 unspecified atom stereocenters. The summed E-state index contributed by atoms with van der Waals surface area (Å²) >= 11 is 0. The number of aliphatic carboxylic acids is 1. The minimum Gasteiger partial charge on any atom is -0.480 e. The maximum Gasteiger partial charge on any atom is 0.320 e. The molecule has 1 saturated carbocycles. The summed E-state index contributed by atoms with van der Waals surface area (Å²) in [6.07, 6.45) is 5.67. The summed E-state index contributed by atoms with van der Waals surface area (Å²) in [6, 6.07) is 18.1. The number of nitro benzene ring substituents is 1. The topological polar surface area (TPSA) is 128 Å². The zero-order chi connectivity index (χ0) is 30.5. The van der Waals surface area contributed by atoms with Crippen LogP contribution in [-0.2, 0) is 11.3 Å². The highest BCUT2D eigenvalue weighted by Crippen LogP contribution is 2.28. The molecule has 42 heavy (non-hydrogen) atoms. The highest BCUT2D eigenvalue weighted by Gasteiger charge is 2.32. The van der Waals surface area contributed by atoms with Gasteiger partial charge in [-0.3, -0.25) is 14.9 Å². The van der Waals surface area contributed by atoms with E-state index in [4.69, 9.17) is 0 Å². The average Bonchev–Trinajstić information content (AvgIpc) is 3.43. The van der Waals surface area contributed by atoms with Gasteiger partial charge in [-0.2, -0.15) is 0 Å². The minimum absolute atomic E-state index is 0.0360. The van der Waals surface area contributed by atoms with Gasteiger partial charge in [0, 0.05) is 57.4 Å². The van der Waals surface area contributed by atoms with Crippen molar-refractivity contribution in [1.82, 2.24) is 20.4 Å². The second-order valence-corrected chi connectivity index (χ2v) is 11.9. The SMILES string of the molecule is CC(C)CC(NC1CCC(CN2CCC(N(C)C(=O)NCc3ccc([N+](=O)[O-])cc3)CC2)C1)C(=O)O.c1ccccc1. The van der Waals surface area contributed by atoms with Gasteiger partial charge >= 0.3 is 12.0 Å². The first-order valence-electron chi connectivity index (χ1n) is 15.1. The van der Waals surface area contributed by atoms with E-state index in [-0.39, 0.29) is 23.8 Å². The Morgan fingerprint density at radius 3 is 2.14 bits per heavy atom. The number of carbonyl (C=O) groups is 2. The van der Waals surface area contributed by atoms with E-state index in [1.807, 2.05) is 43.4 Å². The molecule has 1 saturated heterocycles. The number of carboxylic acids is 1. The highest BCUT2D eigenvalue weighted by atomic mass is 16.6. The quantitative estimate of drug-likeness (QED) is 0.247. The van der Waals surface area contributed by atoms with Gasteiger partial charge in [-0.25, -0.2) is 4.79 Å². The third kappa shape index (κ3) is 11.1. The molecule has 0 aromatic heterocycles. The lowest BCUT2D eigenvalue weighted by Gasteiger charge is -2.37. The summed E-state index contributed by atoms with van der Waals surface area (Å²) in [4.78, 5) is 38.8. The molecule has 0 radical (unpaired) electrons. The summed E-state index contributed by atoms with van der Waals surface area (Å²) in [7, 11) is 1.83. The molecule has 2 aromatic carbocycles. The Labute approximate surface area is 249 Å². The number of urea groups is 1. The predicted molar refractivity (Wildman–Crippen MR) is 164 cm³/mol. The molecule has 2 amide bonds. The molecule has 10 heteroatoms. The lowest BCUT2D eigenvalue weighted by atomic mass is 10.0. The van der Waals surface area contributed by atoms with Crippen LogP contribution in [0, 0.1) is 22.0 Å². The van der Waals surface area contributed by atoms with Crippen LogP contribution < -0.4 is 10.6 Å². The third-order valence-corrected chi connectivity index (χ3v) is 8.18. The molecule has 0 spiro atoms. The van der Waals surface area contributed by atoms with Gasteiger partial charge in [0.25, 0.3) is 5.69 Å². The molecule has 4 rings (SSSR count). The van der Waals surface area contributed by atoms with Crippen molar-refractivity contribution in [3.8, 4) is 0 Å². The van der Waals surface area contributed by atoms with Crippen molar-refractivity contribution in [1.29, 1.82) is 0 Å². The minimum atomic E-state index is -0.755. The van der Waals surface area contributed by atoms with Crippen LogP contribution in [-0.4, -0.2) is 76.6 Å². The van der Waals surface area contributed by atoms with E-state index in [9.17, 15) is 24.8 Å². The number of likely N-dealkylation sites (tertiary alicyclic amines) is 1. The number of non-ortho nitro benzene ring substituents is 1. The molecule has 1 heterocycles. The van der Waals surface area contributed by atoms with Crippen LogP contribution in [0.2, 0.25) is 0 Å². The maximum atomic E-state index is 12.6. The Balaban J connectivity index is 0.000000715. The lowest BCUT2D eigenvalue weighted by molar-refractivity contribution is -0.384. The van der Waals surface area contributed by atoms with Crippen LogP contribution in [0.3, 0.4) is 0 Å². The molecule has 2 fully saturated rings. The van der Waals surface area contributed by atoms with E-state index < -0.39 is 16.9 Å². The van der Waals surface area contributed by atoms with Crippen LogP contribution in [0.15, 0.2) is 60.7 Å². The molecule has 230 valence electrons. The van der Waals surface area contributed by atoms with E-state index in [0.29, 0.717) is 24.8 Å². The molecule has 2 aliphatic rings. The second-order valence-electron chi connectivity index (χ2n) is 11.9. The molecular weight excluding hydrogens is 534 g/mol. The van der Waals surface area contributed by atoms with Gasteiger partial charge in [-0.1, -0.05) is 62.4 Å². The fraction of sp³-hybridized carbons (Fsp3) is 0.562. The van der Waals surface area contributed by atoms with Crippen LogP contribution in [0.4, 0.5) is 10.5 Å². The van der Waals surface area contributed by atoms with Gasteiger partial charge in [0.15, 0.2) is 0 Å². The first-order valence-corrected chi connectivity index (χ1v) is 15.1. The number of rotatable bonds is 11. The van der Waals surface area contributed by atoms with Gasteiger partial charge in [0.1, 0.15) is 6.04 Å². The Morgan fingerprint density at radius 1 is 1.02 bits per heavy atom. The zero-order valence-corrected chi connectivity index (χ0v) is 25.2. The third-order valence-electron chi connectivity index (χ3n) is 8.18. The molecule has 3 atom stereocenters. The van der Waals surface area contributed by atoms with Crippen molar-refractivity contribution >= 4 is 17.7 Å². The Morgan fingerprint density at radius 2 is 1.62 bits per heavy atom. The fourth-order valence-electron chi connectivity index (χ4n) is 5.83. The number of carbonyl (C=O) groups excluding carboxylic acids is 1. The Kier molecular flexibility index (Phi) is 13.2. The van der Waals surface area contributed by atoms with Crippen molar-refractivity contribution in [3.63, 3.8) is 0 Å². The van der Waals surface area contributed by atoms with Gasteiger partial charge in [-0.15, -0.1) is 0 Å². The second kappa shape index (κ2) is 16.8. The Hall–Kier alpha value is -3.50. The number of hydrogen-bond acceptors (Lipinski definition) is 6. The van der Waals surface area contributed by atoms with Crippen molar-refractivity contribution < 1.29 is 19.6 Å². The van der Waals surface area contributed by atoms with Gasteiger partial charge in [0.05, 0.1) is 4.92 Å². The normalized spacial score (nSPS) is 19.9. The molecule has 0 bridgehead atoms. The molecular formula is C32H47N5O5. The number of carboxylic acid groups (broad SMARTS) is 1. The van der Waals surface area contributed by atoms with Crippen molar-refractivity contribution in [2.24, 2.45) is 11.8 Å². The molecule has 2 aromatic rings. The monoisotopic (exact) mass is 581 g/mol. The van der Waals surface area contributed by atoms with E-state index in [1.54, 1.807) is 17.0 Å². The highest BCUT2D eigenvalue weighted by molar-refractivity contribution is 5.74. The first-order chi connectivity index (χ1) is 20.1. The molecule has 1 aliphatic heterocycles. The first kappa shape index (κ1) is 33.0. The van der Waals surface area contributed by atoms with E-state index in [2.05, 4.69) is 29.4 Å². The number of hydrogen-bond donors (Lipinski definition) is 3. The summed E-state index contributed by atoms with van der Waals surface area (Å²) in [5.41, 5.74) is 0.856. The van der Waals surface area contributed by atoms with Crippen LogP contribution in [0.1, 0.15) is 57.9 Å². The van der Waals surface area contributed by atoms with Crippen molar-refractivity contribution in [2.75, 3.05) is 26.7 Å². The van der Waals surface area contributed by atoms with E-state index in [1.165, 1.54) is 12.1 Å². The number of piperidine rings is 1. The van der Waals surface area contributed by atoms with Crippen molar-refractivity contribution in [2.45, 2.75) is 77.0 Å². The standard InChI is InChI=1S/C26H41N5O5.C6H6/c1-18(2)14-24(25(32)33)28-21-7-4-20(15-21)17-30-12-10-22(11-13-30)29(3)26(34)27-16-19-5-8-23(9-6-19)31(35)36;1-2-4-6-5-3-1/h5-6,8-9,18,20-22,24,28H,4,7,10-17H2,1-3H3,(H,27,34)(H,32,33);1-6H. The van der Waals surface area contributed by atoms with Crippen LogP contribution in [0.5, 0.6) is 0 Å². The van der Waals surface area contributed by atoms with Gasteiger partial charge in [0.2, 0.25) is 0 Å². The number of nitrogens with zero attached hydrogens (tertiary/aromatic N) is 3. The summed E-state index contributed by atoms with van der Waals surface area (Å²) in [5.74, 6) is 0.171. The number of nitro groups is 1. The van der Waals surface area contributed by atoms with Crippen LogP contribution in [0.25, 0.3) is 0 Å². The van der Waals surface area contributed by atoms with Crippen molar-refractivity contribution in [3.05, 3.63) is 76.3 Å². The molecule has 3 N–H and O–H groups in total.